The van der Waals surface area contributed by atoms with Gasteiger partial charge in [-0.15, -0.1) is 0 Å². The summed E-state index contributed by atoms with van der Waals surface area (Å²) < 4.78 is 5.79. The molecule has 1 saturated heterocycles. The lowest BCUT2D eigenvalue weighted by molar-refractivity contribution is -0.131. The normalized spacial score (nSPS) is 26.8. The second kappa shape index (κ2) is 5.60. The van der Waals surface area contributed by atoms with Crippen molar-refractivity contribution in [1.82, 2.24) is 4.90 Å². The van der Waals surface area contributed by atoms with Crippen LogP contribution in [0.1, 0.15) is 45.6 Å². The summed E-state index contributed by atoms with van der Waals surface area (Å²) in [6.45, 7) is 7.95. The van der Waals surface area contributed by atoms with E-state index in [9.17, 15) is 4.79 Å². The second-order valence-corrected chi connectivity index (χ2v) is 9.83. The summed E-state index contributed by atoms with van der Waals surface area (Å²) in [5, 5.41) is 3.45. The van der Waals surface area contributed by atoms with Crippen LogP contribution in [-0.4, -0.2) is 23.4 Å². The van der Waals surface area contributed by atoms with Gasteiger partial charge in [-0.2, -0.15) is 0 Å². The summed E-state index contributed by atoms with van der Waals surface area (Å²) in [5.41, 5.74) is 2.47. The molecule has 2 heterocycles. The highest BCUT2D eigenvalue weighted by Gasteiger charge is 2.50. The topological polar surface area (TPSA) is 33.5 Å². The Balaban J connectivity index is 1.48. The highest BCUT2D eigenvalue weighted by Crippen LogP contribution is 2.52. The lowest BCUT2D eigenvalue weighted by Gasteiger charge is -2.39. The SMILES string of the molecule is CC1(C)C[C@H]2C[C@@](C)(CN2C(=O)Cc2coc3ccc4ccccc4c23)C1. The average Bonchev–Trinajstić information content (AvgIpc) is 3.12. The number of carbonyl (C=O) groups excluding carboxylic acids is 1. The first kappa shape index (κ1) is 16.9. The molecule has 0 spiro atoms. The van der Waals surface area contributed by atoms with Crippen LogP contribution < -0.4 is 0 Å². The zero-order valence-corrected chi connectivity index (χ0v) is 16.4. The fraction of sp³-hybridized carbons (Fsp3) is 0.458. The van der Waals surface area contributed by atoms with Crippen LogP contribution >= 0.6 is 0 Å². The Hall–Kier alpha value is -2.29. The Morgan fingerprint density at radius 1 is 1.15 bits per heavy atom. The van der Waals surface area contributed by atoms with Gasteiger partial charge >= 0.3 is 0 Å². The summed E-state index contributed by atoms with van der Waals surface area (Å²) in [5.74, 6) is 0.247. The maximum atomic E-state index is 13.3. The number of nitrogens with zero attached hydrogens (tertiary/aromatic N) is 1. The fourth-order valence-corrected chi connectivity index (χ4v) is 6.02. The van der Waals surface area contributed by atoms with Gasteiger partial charge in [0.15, 0.2) is 0 Å². The van der Waals surface area contributed by atoms with Crippen molar-refractivity contribution >= 4 is 27.6 Å². The first-order valence-electron chi connectivity index (χ1n) is 10.0. The molecule has 2 aromatic carbocycles. The maximum absolute atomic E-state index is 13.3. The number of fused-ring (bicyclic) bond motifs is 5. The van der Waals surface area contributed by atoms with Crippen molar-refractivity contribution in [2.24, 2.45) is 10.8 Å². The minimum absolute atomic E-state index is 0.247. The molecule has 2 aliphatic rings. The van der Waals surface area contributed by atoms with Gasteiger partial charge in [-0.05, 0) is 46.9 Å². The molecule has 1 saturated carbocycles. The van der Waals surface area contributed by atoms with E-state index in [2.05, 4.69) is 43.9 Å². The van der Waals surface area contributed by atoms with Crippen LogP contribution in [0.4, 0.5) is 0 Å². The monoisotopic (exact) mass is 361 g/mol. The second-order valence-electron chi connectivity index (χ2n) is 9.83. The smallest absolute Gasteiger partial charge is 0.227 e. The Bertz CT molecular complexity index is 1050. The van der Waals surface area contributed by atoms with Crippen LogP contribution in [0.25, 0.3) is 21.7 Å². The van der Waals surface area contributed by atoms with Gasteiger partial charge in [-0.25, -0.2) is 0 Å². The van der Waals surface area contributed by atoms with Crippen LogP contribution in [0.15, 0.2) is 47.1 Å². The van der Waals surface area contributed by atoms with Crippen molar-refractivity contribution in [2.75, 3.05) is 6.54 Å². The molecule has 0 unspecified atom stereocenters. The van der Waals surface area contributed by atoms with E-state index in [1.54, 1.807) is 6.26 Å². The van der Waals surface area contributed by atoms with Crippen LogP contribution in [0.2, 0.25) is 0 Å². The van der Waals surface area contributed by atoms with Gasteiger partial charge in [0.2, 0.25) is 5.91 Å². The highest BCUT2D eigenvalue weighted by atomic mass is 16.3. The van der Waals surface area contributed by atoms with Gasteiger partial charge in [0, 0.05) is 23.5 Å². The predicted molar refractivity (Wildman–Crippen MR) is 109 cm³/mol. The summed E-state index contributed by atoms with van der Waals surface area (Å²) in [6.07, 6.45) is 5.68. The largest absolute Gasteiger partial charge is 0.464 e. The molecular weight excluding hydrogens is 334 g/mol. The first-order valence-corrected chi connectivity index (χ1v) is 10.0. The number of hydrogen-bond donors (Lipinski definition) is 0. The van der Waals surface area contributed by atoms with Crippen LogP contribution in [0, 0.1) is 10.8 Å². The Kier molecular flexibility index (Phi) is 3.50. The third-order valence-electron chi connectivity index (χ3n) is 6.62. The summed E-state index contributed by atoms with van der Waals surface area (Å²) in [4.78, 5) is 15.4. The van der Waals surface area contributed by atoms with E-state index >= 15 is 0 Å². The molecule has 1 aliphatic carbocycles. The lowest BCUT2D eigenvalue weighted by Crippen LogP contribution is -2.38. The Morgan fingerprint density at radius 2 is 1.96 bits per heavy atom. The minimum atomic E-state index is 0.247. The molecule has 1 aromatic heterocycles. The lowest BCUT2D eigenvalue weighted by atomic mass is 9.65. The molecule has 2 bridgehead atoms. The molecule has 3 aromatic rings. The molecule has 140 valence electrons. The summed E-state index contributed by atoms with van der Waals surface area (Å²) in [7, 11) is 0. The standard InChI is InChI=1S/C24H27NO2/c1-23(2)11-18-12-24(3,14-23)15-25(18)21(26)10-17-13-27-20-9-8-16-6-4-5-7-19(16)22(17)20/h4-9,13,18H,10-12,14-15H2,1-3H3/t18-,24+/m0/s1. The van der Waals surface area contributed by atoms with Crippen LogP contribution in [0.5, 0.6) is 0 Å². The number of benzene rings is 2. The van der Waals surface area contributed by atoms with Gasteiger partial charge in [0.1, 0.15) is 5.58 Å². The summed E-state index contributed by atoms with van der Waals surface area (Å²) in [6, 6.07) is 12.8. The maximum Gasteiger partial charge on any atom is 0.227 e. The fourth-order valence-electron chi connectivity index (χ4n) is 6.02. The molecule has 27 heavy (non-hydrogen) atoms. The minimum Gasteiger partial charge on any atom is -0.464 e. The van der Waals surface area contributed by atoms with E-state index in [1.165, 1.54) is 17.2 Å². The molecule has 1 aliphatic heterocycles. The molecule has 0 radical (unpaired) electrons. The summed E-state index contributed by atoms with van der Waals surface area (Å²) >= 11 is 0. The number of rotatable bonds is 2. The number of likely N-dealkylation sites (tertiary alicyclic amines) is 1. The first-order chi connectivity index (χ1) is 12.8. The molecule has 3 heteroatoms. The van der Waals surface area contributed by atoms with Crippen molar-refractivity contribution < 1.29 is 9.21 Å². The van der Waals surface area contributed by atoms with Gasteiger partial charge in [0.25, 0.3) is 0 Å². The van der Waals surface area contributed by atoms with Gasteiger partial charge in [0.05, 0.1) is 12.7 Å². The van der Waals surface area contributed by atoms with Crippen molar-refractivity contribution in [1.29, 1.82) is 0 Å². The number of furan rings is 1. The van der Waals surface area contributed by atoms with Crippen LogP contribution in [0.3, 0.4) is 0 Å². The van der Waals surface area contributed by atoms with E-state index in [0.29, 0.717) is 17.9 Å². The van der Waals surface area contributed by atoms with E-state index in [0.717, 1.165) is 35.9 Å². The van der Waals surface area contributed by atoms with Crippen molar-refractivity contribution in [3.05, 3.63) is 48.2 Å². The van der Waals surface area contributed by atoms with Crippen molar-refractivity contribution in [3.8, 4) is 0 Å². The van der Waals surface area contributed by atoms with Gasteiger partial charge in [-0.1, -0.05) is 51.1 Å². The molecule has 2 fully saturated rings. The van der Waals surface area contributed by atoms with Gasteiger partial charge < -0.3 is 9.32 Å². The van der Waals surface area contributed by atoms with E-state index in [4.69, 9.17) is 4.42 Å². The molecular formula is C24H27NO2. The van der Waals surface area contributed by atoms with Crippen molar-refractivity contribution in [3.63, 3.8) is 0 Å². The number of carbonyl (C=O) groups is 1. The third kappa shape index (κ3) is 2.75. The average molecular weight is 361 g/mol. The number of amides is 1. The predicted octanol–water partition coefficient (Wildman–Crippen LogP) is 5.56. The highest BCUT2D eigenvalue weighted by molar-refractivity contribution is 6.08. The third-order valence-corrected chi connectivity index (χ3v) is 6.62. The quantitative estimate of drug-likeness (QED) is 0.599. The number of hydrogen-bond acceptors (Lipinski definition) is 2. The Morgan fingerprint density at radius 3 is 2.81 bits per heavy atom. The molecule has 5 rings (SSSR count). The molecule has 0 N–H and O–H groups in total. The van der Waals surface area contributed by atoms with Crippen LogP contribution in [-0.2, 0) is 11.2 Å². The van der Waals surface area contributed by atoms with E-state index in [1.807, 2.05) is 18.2 Å². The van der Waals surface area contributed by atoms with Gasteiger partial charge in [-0.3, -0.25) is 4.79 Å². The zero-order valence-electron chi connectivity index (χ0n) is 16.4. The Labute approximate surface area is 160 Å². The van der Waals surface area contributed by atoms with Crippen molar-refractivity contribution in [2.45, 2.75) is 52.5 Å². The zero-order chi connectivity index (χ0) is 18.8. The molecule has 1 amide bonds. The molecule has 2 atom stereocenters. The van der Waals surface area contributed by atoms with E-state index in [-0.39, 0.29) is 11.3 Å². The van der Waals surface area contributed by atoms with E-state index < -0.39 is 0 Å². The molecule has 3 nitrogen and oxygen atoms in total.